The summed E-state index contributed by atoms with van der Waals surface area (Å²) in [4.78, 5) is 7.01. The monoisotopic (exact) mass is 271 g/mol. The van der Waals surface area contributed by atoms with Crippen molar-refractivity contribution in [1.29, 1.82) is 0 Å². The molecule has 18 heavy (non-hydrogen) atoms. The number of nitrogens with zero attached hydrogens (tertiary/aromatic N) is 1. The zero-order valence-electron chi connectivity index (χ0n) is 10.1. The molecule has 0 spiro atoms. The van der Waals surface area contributed by atoms with Gasteiger partial charge in [0, 0.05) is 6.20 Å². The van der Waals surface area contributed by atoms with Crippen LogP contribution in [0.25, 0.3) is 20.3 Å². The molecular formula is C15H13NS2. The molecule has 0 aliphatic heterocycles. The minimum absolute atomic E-state index is 1.07. The number of hydrogen-bond acceptors (Lipinski definition) is 3. The lowest BCUT2D eigenvalue weighted by Gasteiger charge is -1.99. The average molecular weight is 271 g/mol. The van der Waals surface area contributed by atoms with Crippen LogP contribution < -0.4 is 0 Å². The molecule has 0 fully saturated rings. The smallest absolute Gasteiger partial charge is 0.133 e. The number of hydrogen-bond donors (Lipinski definition) is 0. The molecule has 1 nitrogen and oxygen atoms in total. The Morgan fingerprint density at radius 2 is 2.06 bits per heavy atom. The Kier molecular flexibility index (Phi) is 3.26. The number of thiazole rings is 1. The predicted molar refractivity (Wildman–Crippen MR) is 80.2 cm³/mol. The van der Waals surface area contributed by atoms with Crippen molar-refractivity contribution >= 4 is 22.7 Å². The molecule has 0 amide bonds. The molecular weight excluding hydrogens is 258 g/mol. The maximum Gasteiger partial charge on any atom is 0.133 e. The zero-order valence-corrected chi connectivity index (χ0v) is 11.7. The standard InChI is InChI=1S/C15H13NS2/c1-2-11-5-3-6-12(9-11)14-10-16-15(18-14)13-7-4-8-17-13/h3-10H,2H2,1H3. The molecule has 2 heterocycles. The van der Waals surface area contributed by atoms with E-state index in [1.165, 1.54) is 20.9 Å². The molecule has 2 aromatic heterocycles. The zero-order chi connectivity index (χ0) is 12.4. The first-order valence-corrected chi connectivity index (χ1v) is 7.65. The predicted octanol–water partition coefficient (Wildman–Crippen LogP) is 5.10. The topological polar surface area (TPSA) is 12.9 Å². The van der Waals surface area contributed by atoms with E-state index < -0.39 is 0 Å². The van der Waals surface area contributed by atoms with E-state index in [0.29, 0.717) is 0 Å². The van der Waals surface area contributed by atoms with Crippen molar-refractivity contribution in [2.75, 3.05) is 0 Å². The molecule has 0 saturated carbocycles. The molecule has 1 aromatic carbocycles. The summed E-state index contributed by atoms with van der Waals surface area (Å²) >= 11 is 3.50. The highest BCUT2D eigenvalue weighted by molar-refractivity contribution is 7.22. The minimum atomic E-state index is 1.07. The molecule has 0 N–H and O–H groups in total. The van der Waals surface area contributed by atoms with Crippen molar-refractivity contribution in [2.45, 2.75) is 13.3 Å². The van der Waals surface area contributed by atoms with Gasteiger partial charge in [-0.25, -0.2) is 4.98 Å². The van der Waals surface area contributed by atoms with E-state index >= 15 is 0 Å². The molecule has 0 saturated heterocycles. The SMILES string of the molecule is CCc1cccc(-c2cnc(-c3cccs3)s2)c1. The Balaban J connectivity index is 1.97. The quantitative estimate of drug-likeness (QED) is 0.645. The summed E-state index contributed by atoms with van der Waals surface area (Å²) in [5, 5.41) is 3.20. The Bertz CT molecular complexity index is 638. The molecule has 0 bridgehead atoms. The van der Waals surface area contributed by atoms with Gasteiger partial charge in [0.2, 0.25) is 0 Å². The van der Waals surface area contributed by atoms with Gasteiger partial charge in [0.15, 0.2) is 0 Å². The van der Waals surface area contributed by atoms with Crippen molar-refractivity contribution in [3.05, 3.63) is 53.5 Å². The normalized spacial score (nSPS) is 10.7. The molecule has 0 atom stereocenters. The van der Waals surface area contributed by atoms with Crippen molar-refractivity contribution in [3.63, 3.8) is 0 Å². The third-order valence-corrected chi connectivity index (χ3v) is 4.94. The second-order valence-corrected chi connectivity index (χ2v) is 6.04. The van der Waals surface area contributed by atoms with Gasteiger partial charge >= 0.3 is 0 Å². The van der Waals surface area contributed by atoms with Crippen LogP contribution in [0.15, 0.2) is 48.0 Å². The fraction of sp³-hybridized carbons (Fsp3) is 0.133. The van der Waals surface area contributed by atoms with Crippen LogP contribution in [0, 0.1) is 0 Å². The van der Waals surface area contributed by atoms with Crippen molar-refractivity contribution in [3.8, 4) is 20.3 Å². The molecule has 3 aromatic rings. The van der Waals surface area contributed by atoms with E-state index in [2.05, 4.69) is 53.7 Å². The van der Waals surface area contributed by atoms with Crippen LogP contribution in [-0.2, 0) is 6.42 Å². The number of rotatable bonds is 3. The Morgan fingerprint density at radius 3 is 2.83 bits per heavy atom. The average Bonchev–Trinajstić information content (AvgIpc) is 3.09. The van der Waals surface area contributed by atoms with Gasteiger partial charge in [-0.2, -0.15) is 0 Å². The summed E-state index contributed by atoms with van der Waals surface area (Å²) in [6, 6.07) is 12.9. The van der Waals surface area contributed by atoms with E-state index in [-0.39, 0.29) is 0 Å². The fourth-order valence-corrected chi connectivity index (χ4v) is 3.58. The maximum absolute atomic E-state index is 4.52. The van der Waals surface area contributed by atoms with Gasteiger partial charge in [-0.3, -0.25) is 0 Å². The van der Waals surface area contributed by atoms with E-state index in [1.807, 2.05) is 6.20 Å². The van der Waals surface area contributed by atoms with Crippen molar-refractivity contribution in [2.24, 2.45) is 0 Å². The molecule has 3 heteroatoms. The molecule has 0 unspecified atom stereocenters. The first-order valence-electron chi connectivity index (χ1n) is 5.96. The number of benzene rings is 1. The first kappa shape index (κ1) is 11.6. The van der Waals surface area contributed by atoms with Gasteiger partial charge in [0.1, 0.15) is 5.01 Å². The van der Waals surface area contributed by atoms with Gasteiger partial charge in [-0.1, -0.05) is 37.3 Å². The van der Waals surface area contributed by atoms with Crippen molar-refractivity contribution in [1.82, 2.24) is 4.98 Å². The van der Waals surface area contributed by atoms with E-state index in [9.17, 15) is 0 Å². The summed E-state index contributed by atoms with van der Waals surface area (Å²) in [6.07, 6.45) is 3.05. The minimum Gasteiger partial charge on any atom is -0.243 e. The van der Waals surface area contributed by atoms with E-state index in [0.717, 1.165) is 11.4 Å². The van der Waals surface area contributed by atoms with Crippen LogP contribution in [0.2, 0.25) is 0 Å². The lowest BCUT2D eigenvalue weighted by molar-refractivity contribution is 1.14. The number of thiophene rings is 1. The van der Waals surface area contributed by atoms with Gasteiger partial charge in [0.25, 0.3) is 0 Å². The summed E-state index contributed by atoms with van der Waals surface area (Å²) in [5.41, 5.74) is 2.65. The van der Waals surface area contributed by atoms with Crippen LogP contribution in [0.4, 0.5) is 0 Å². The Labute approximate surface area is 115 Å². The van der Waals surface area contributed by atoms with Crippen molar-refractivity contribution < 1.29 is 0 Å². The first-order chi connectivity index (χ1) is 8.86. The van der Waals surface area contributed by atoms with Crippen LogP contribution >= 0.6 is 22.7 Å². The summed E-state index contributed by atoms with van der Waals surface area (Å²) < 4.78 is 0. The molecule has 3 rings (SSSR count). The van der Waals surface area contributed by atoms with Gasteiger partial charge in [-0.15, -0.1) is 22.7 Å². The van der Waals surface area contributed by atoms with Crippen LogP contribution in [0.1, 0.15) is 12.5 Å². The third-order valence-electron chi connectivity index (χ3n) is 2.86. The lowest BCUT2D eigenvalue weighted by Crippen LogP contribution is -1.79. The largest absolute Gasteiger partial charge is 0.243 e. The Morgan fingerprint density at radius 1 is 1.11 bits per heavy atom. The second kappa shape index (κ2) is 5.04. The molecule has 0 radical (unpaired) electrons. The number of aryl methyl sites for hydroxylation is 1. The fourth-order valence-electron chi connectivity index (χ4n) is 1.87. The van der Waals surface area contributed by atoms with E-state index in [4.69, 9.17) is 0 Å². The van der Waals surface area contributed by atoms with E-state index in [1.54, 1.807) is 22.7 Å². The van der Waals surface area contributed by atoms with Crippen LogP contribution in [0.3, 0.4) is 0 Å². The lowest BCUT2D eigenvalue weighted by atomic mass is 10.1. The van der Waals surface area contributed by atoms with Crippen LogP contribution in [-0.4, -0.2) is 4.98 Å². The maximum atomic E-state index is 4.52. The highest BCUT2D eigenvalue weighted by Gasteiger charge is 2.07. The Hall–Kier alpha value is -1.45. The van der Waals surface area contributed by atoms with Gasteiger partial charge in [-0.05, 0) is 29.0 Å². The summed E-state index contributed by atoms with van der Waals surface area (Å²) in [7, 11) is 0. The highest BCUT2D eigenvalue weighted by Crippen LogP contribution is 2.34. The van der Waals surface area contributed by atoms with Gasteiger partial charge in [0.05, 0.1) is 9.75 Å². The highest BCUT2D eigenvalue weighted by atomic mass is 32.1. The molecule has 0 aliphatic rings. The van der Waals surface area contributed by atoms with Crippen LogP contribution in [0.5, 0.6) is 0 Å². The summed E-state index contributed by atoms with van der Waals surface area (Å²) in [6.45, 7) is 2.18. The number of aromatic nitrogens is 1. The molecule has 90 valence electrons. The van der Waals surface area contributed by atoms with Gasteiger partial charge < -0.3 is 0 Å². The molecule has 0 aliphatic carbocycles. The summed E-state index contributed by atoms with van der Waals surface area (Å²) in [5.74, 6) is 0. The second-order valence-electron chi connectivity index (χ2n) is 4.06. The third kappa shape index (κ3) is 2.24.